The third-order valence-electron chi connectivity index (χ3n) is 6.06. The van der Waals surface area contributed by atoms with Crippen molar-refractivity contribution in [2.45, 2.75) is 38.1 Å². The molecular formula is C22H29N5O2S. The van der Waals surface area contributed by atoms with Crippen molar-refractivity contribution in [3.8, 4) is 0 Å². The zero-order chi connectivity index (χ0) is 21.0. The lowest BCUT2D eigenvalue weighted by atomic mass is 9.86. The number of aromatic nitrogens is 3. The summed E-state index contributed by atoms with van der Waals surface area (Å²) >= 11 is 0. The maximum absolute atomic E-state index is 12.5. The molecule has 0 unspecified atom stereocenters. The van der Waals surface area contributed by atoms with Crippen LogP contribution in [-0.2, 0) is 16.4 Å². The van der Waals surface area contributed by atoms with E-state index in [0.29, 0.717) is 19.0 Å². The summed E-state index contributed by atoms with van der Waals surface area (Å²) < 4.78 is 27.8. The van der Waals surface area contributed by atoms with Crippen molar-refractivity contribution in [2.24, 2.45) is 5.92 Å². The Hall–Kier alpha value is -2.45. The highest BCUT2D eigenvalue weighted by molar-refractivity contribution is 7.89. The van der Waals surface area contributed by atoms with Crippen molar-refractivity contribution in [2.75, 3.05) is 24.2 Å². The minimum absolute atomic E-state index is 0.210. The van der Waals surface area contributed by atoms with E-state index < -0.39 is 10.0 Å². The minimum Gasteiger partial charge on any atom is -0.356 e. The molecule has 3 aromatic rings. The number of nitrogens with zero attached hydrogens (tertiary/aromatic N) is 3. The number of aromatic amines is 1. The van der Waals surface area contributed by atoms with Crippen LogP contribution in [0.5, 0.6) is 0 Å². The molecule has 1 aliphatic rings. The fraction of sp³-hybridized carbons (Fsp3) is 0.455. The van der Waals surface area contributed by atoms with E-state index in [9.17, 15) is 8.42 Å². The van der Waals surface area contributed by atoms with Gasteiger partial charge in [0.25, 0.3) is 0 Å². The van der Waals surface area contributed by atoms with E-state index in [1.54, 1.807) is 6.33 Å². The van der Waals surface area contributed by atoms with Gasteiger partial charge in [-0.3, -0.25) is 0 Å². The average Bonchev–Trinajstić information content (AvgIpc) is 3.23. The normalized spacial score (nSPS) is 19.8. The Bertz CT molecular complexity index is 1060. The monoisotopic (exact) mass is 427 g/mol. The van der Waals surface area contributed by atoms with Crippen LogP contribution in [0.2, 0.25) is 0 Å². The molecule has 160 valence electrons. The summed E-state index contributed by atoms with van der Waals surface area (Å²) in [7, 11) is -1.18. The molecule has 0 spiro atoms. The smallest absolute Gasteiger partial charge is 0.211 e. The van der Waals surface area contributed by atoms with Gasteiger partial charge in [0.15, 0.2) is 0 Å². The second kappa shape index (κ2) is 9.14. The highest BCUT2D eigenvalue weighted by atomic mass is 32.2. The van der Waals surface area contributed by atoms with Gasteiger partial charge in [0.2, 0.25) is 10.0 Å². The molecule has 1 fully saturated rings. The molecule has 2 N–H and O–H groups in total. The van der Waals surface area contributed by atoms with Crippen molar-refractivity contribution in [1.82, 2.24) is 19.7 Å². The van der Waals surface area contributed by atoms with Gasteiger partial charge in [-0.2, -0.15) is 0 Å². The Morgan fingerprint density at radius 1 is 1.10 bits per heavy atom. The molecule has 0 atom stereocenters. The molecule has 0 amide bonds. The standard InChI is InChI=1S/C22H29N5O2S/c1-27(22-20-12-13-23-21(20)24-16-25-22)19-9-7-18(8-10-19)15-30(28,29)26-14-11-17-5-3-2-4-6-17/h2-6,12-13,16,18-19,26H,7-11,14-15H2,1H3,(H,23,24,25). The number of fused-ring (bicyclic) bond motifs is 1. The maximum atomic E-state index is 12.5. The Kier molecular flexibility index (Phi) is 6.34. The number of H-pyrrole nitrogens is 1. The van der Waals surface area contributed by atoms with Gasteiger partial charge in [0, 0.05) is 25.8 Å². The summed E-state index contributed by atoms with van der Waals surface area (Å²) in [5, 5.41) is 1.02. The second-order valence-electron chi connectivity index (χ2n) is 8.13. The van der Waals surface area contributed by atoms with Gasteiger partial charge in [-0.1, -0.05) is 30.3 Å². The Morgan fingerprint density at radius 2 is 1.87 bits per heavy atom. The van der Waals surface area contributed by atoms with E-state index in [1.807, 2.05) is 42.6 Å². The lowest BCUT2D eigenvalue weighted by Crippen LogP contribution is -2.38. The molecule has 1 saturated carbocycles. The van der Waals surface area contributed by atoms with Crippen molar-refractivity contribution < 1.29 is 8.42 Å². The molecule has 7 nitrogen and oxygen atoms in total. The van der Waals surface area contributed by atoms with E-state index in [4.69, 9.17) is 0 Å². The third-order valence-corrected chi connectivity index (χ3v) is 7.62. The number of benzene rings is 1. The number of anilines is 1. The molecule has 0 radical (unpaired) electrons. The number of nitrogens with one attached hydrogen (secondary N) is 2. The number of hydrogen-bond acceptors (Lipinski definition) is 5. The molecule has 2 aromatic heterocycles. The van der Waals surface area contributed by atoms with Gasteiger partial charge in [0.1, 0.15) is 17.8 Å². The predicted octanol–water partition coefficient (Wildman–Crippen LogP) is 3.12. The van der Waals surface area contributed by atoms with Crippen molar-refractivity contribution in [3.63, 3.8) is 0 Å². The first-order chi connectivity index (χ1) is 14.5. The summed E-state index contributed by atoms with van der Waals surface area (Å²) in [4.78, 5) is 14.1. The van der Waals surface area contributed by atoms with Crippen molar-refractivity contribution >= 4 is 26.9 Å². The quantitative estimate of drug-likeness (QED) is 0.576. The number of sulfonamides is 1. The van der Waals surface area contributed by atoms with Crippen LogP contribution < -0.4 is 9.62 Å². The van der Waals surface area contributed by atoms with E-state index in [-0.39, 0.29) is 11.7 Å². The van der Waals surface area contributed by atoms with Gasteiger partial charge in [-0.15, -0.1) is 0 Å². The molecule has 0 saturated heterocycles. The van der Waals surface area contributed by atoms with Crippen LogP contribution in [0.15, 0.2) is 48.9 Å². The van der Waals surface area contributed by atoms with Crippen LogP contribution in [0.4, 0.5) is 5.82 Å². The van der Waals surface area contributed by atoms with Gasteiger partial charge in [-0.25, -0.2) is 23.1 Å². The summed E-state index contributed by atoms with van der Waals surface area (Å²) in [5.74, 6) is 1.36. The highest BCUT2D eigenvalue weighted by Gasteiger charge is 2.28. The van der Waals surface area contributed by atoms with Crippen LogP contribution in [0.25, 0.3) is 11.0 Å². The van der Waals surface area contributed by atoms with Crippen LogP contribution >= 0.6 is 0 Å². The van der Waals surface area contributed by atoms with Gasteiger partial charge in [0.05, 0.1) is 11.1 Å². The van der Waals surface area contributed by atoms with Crippen LogP contribution in [0, 0.1) is 5.92 Å². The van der Waals surface area contributed by atoms with Gasteiger partial charge in [-0.05, 0) is 49.7 Å². The molecule has 0 aliphatic heterocycles. The van der Waals surface area contributed by atoms with Gasteiger partial charge >= 0.3 is 0 Å². The molecule has 2 heterocycles. The van der Waals surface area contributed by atoms with E-state index in [0.717, 1.165) is 48.1 Å². The molecule has 0 bridgehead atoms. The topological polar surface area (TPSA) is 91.0 Å². The molecule has 1 aromatic carbocycles. The van der Waals surface area contributed by atoms with E-state index in [1.165, 1.54) is 0 Å². The summed E-state index contributed by atoms with van der Waals surface area (Å²) in [6, 6.07) is 12.3. The minimum atomic E-state index is -3.25. The Labute approximate surface area is 178 Å². The van der Waals surface area contributed by atoms with E-state index in [2.05, 4.69) is 31.6 Å². The summed E-state index contributed by atoms with van der Waals surface area (Å²) in [6.45, 7) is 0.449. The maximum Gasteiger partial charge on any atom is 0.211 e. The lowest BCUT2D eigenvalue weighted by molar-refractivity contribution is 0.340. The molecule has 8 heteroatoms. The molecule has 4 rings (SSSR count). The van der Waals surface area contributed by atoms with Crippen LogP contribution in [0.3, 0.4) is 0 Å². The number of rotatable bonds is 8. The van der Waals surface area contributed by atoms with Crippen LogP contribution in [0.1, 0.15) is 31.2 Å². The summed E-state index contributed by atoms with van der Waals surface area (Å²) in [6.07, 6.45) is 7.94. The van der Waals surface area contributed by atoms with Crippen LogP contribution in [-0.4, -0.2) is 48.8 Å². The fourth-order valence-electron chi connectivity index (χ4n) is 4.38. The SMILES string of the molecule is CN(c1ncnc2[nH]ccc12)C1CCC(CS(=O)(=O)NCCc2ccccc2)CC1. The Balaban J connectivity index is 1.27. The average molecular weight is 428 g/mol. The van der Waals surface area contributed by atoms with Crippen molar-refractivity contribution in [1.29, 1.82) is 0 Å². The van der Waals surface area contributed by atoms with E-state index >= 15 is 0 Å². The second-order valence-corrected chi connectivity index (χ2v) is 9.99. The lowest BCUT2D eigenvalue weighted by Gasteiger charge is -2.35. The Morgan fingerprint density at radius 3 is 2.63 bits per heavy atom. The fourth-order valence-corrected chi connectivity index (χ4v) is 5.86. The van der Waals surface area contributed by atoms with Crippen molar-refractivity contribution in [3.05, 3.63) is 54.5 Å². The van der Waals surface area contributed by atoms with Gasteiger partial charge < -0.3 is 9.88 Å². The predicted molar refractivity (Wildman–Crippen MR) is 120 cm³/mol. The molecule has 30 heavy (non-hydrogen) atoms. The first kappa shape index (κ1) is 20.8. The molecule has 1 aliphatic carbocycles. The number of hydrogen-bond donors (Lipinski definition) is 2. The third kappa shape index (κ3) is 4.99. The zero-order valence-electron chi connectivity index (χ0n) is 17.3. The summed E-state index contributed by atoms with van der Waals surface area (Å²) in [5.41, 5.74) is 1.98. The first-order valence-electron chi connectivity index (χ1n) is 10.5. The highest BCUT2D eigenvalue weighted by Crippen LogP contribution is 2.31. The molecular weight excluding hydrogens is 398 g/mol. The zero-order valence-corrected chi connectivity index (χ0v) is 18.1. The first-order valence-corrected chi connectivity index (χ1v) is 12.2. The largest absolute Gasteiger partial charge is 0.356 e.